The molecule has 0 saturated heterocycles. The summed E-state index contributed by atoms with van der Waals surface area (Å²) in [6, 6.07) is 17.8. The molecule has 0 amide bonds. The first kappa shape index (κ1) is 15.8. The zero-order chi connectivity index (χ0) is 18.1. The Morgan fingerprint density at radius 1 is 1.12 bits per heavy atom. The van der Waals surface area contributed by atoms with E-state index in [0.717, 1.165) is 32.8 Å². The number of carbonyl (C=O) groups is 1. The van der Waals surface area contributed by atoms with Gasteiger partial charge in [-0.1, -0.05) is 36.4 Å². The smallest absolute Gasteiger partial charge is 0.227 e. The highest BCUT2D eigenvalue weighted by molar-refractivity contribution is 6.06. The van der Waals surface area contributed by atoms with E-state index in [1.165, 1.54) is 6.92 Å². The number of allylic oxidation sites excluding steroid dienone is 1. The minimum atomic E-state index is -0.0824. The summed E-state index contributed by atoms with van der Waals surface area (Å²) in [5, 5.41) is 12.7. The highest BCUT2D eigenvalue weighted by Crippen LogP contribution is 2.30. The molecule has 0 N–H and O–H groups in total. The molecule has 0 spiro atoms. The van der Waals surface area contributed by atoms with Gasteiger partial charge in [0.2, 0.25) is 5.91 Å². The summed E-state index contributed by atoms with van der Waals surface area (Å²) in [7, 11) is 0. The van der Waals surface area contributed by atoms with Gasteiger partial charge in [-0.15, -0.1) is 0 Å². The van der Waals surface area contributed by atoms with Crippen LogP contribution in [-0.2, 0) is 0 Å². The molecule has 124 valence electrons. The minimum absolute atomic E-state index is 0.0824. The van der Waals surface area contributed by atoms with Crippen molar-refractivity contribution in [3.8, 4) is 6.07 Å². The number of carbonyl (C=O) groups excluding carboxylic acids is 1. The highest BCUT2D eigenvalue weighted by Gasteiger charge is 2.14. The van der Waals surface area contributed by atoms with Gasteiger partial charge in [0.05, 0.1) is 17.2 Å². The first-order valence-corrected chi connectivity index (χ1v) is 8.25. The summed E-state index contributed by atoms with van der Waals surface area (Å²) in [6.07, 6.45) is 7.16. The van der Waals surface area contributed by atoms with Gasteiger partial charge in [0.15, 0.2) is 0 Å². The molecule has 4 aromatic rings. The Hall–Kier alpha value is -3.71. The molecule has 26 heavy (non-hydrogen) atoms. The zero-order valence-corrected chi connectivity index (χ0v) is 14.2. The fourth-order valence-electron chi connectivity index (χ4n) is 3.25. The lowest BCUT2D eigenvalue weighted by Gasteiger charge is -2.03. The molecular weight excluding hydrogens is 322 g/mol. The number of fused-ring (bicyclic) bond motifs is 2. The van der Waals surface area contributed by atoms with Crippen LogP contribution < -0.4 is 0 Å². The topological polar surface area (TPSA) is 58.7 Å². The minimum Gasteiger partial charge on any atom is -0.287 e. The van der Waals surface area contributed by atoms with Crippen LogP contribution in [-0.4, -0.2) is 15.5 Å². The lowest BCUT2D eigenvalue weighted by atomic mass is 10.00. The molecule has 0 atom stereocenters. The van der Waals surface area contributed by atoms with Crippen molar-refractivity contribution in [3.63, 3.8) is 0 Å². The number of rotatable bonds is 2. The third kappa shape index (κ3) is 2.56. The third-order valence-corrected chi connectivity index (χ3v) is 4.48. The van der Waals surface area contributed by atoms with Gasteiger partial charge in [-0.2, -0.15) is 5.26 Å². The van der Waals surface area contributed by atoms with E-state index in [9.17, 15) is 10.1 Å². The van der Waals surface area contributed by atoms with Gasteiger partial charge in [0.1, 0.15) is 0 Å². The summed E-state index contributed by atoms with van der Waals surface area (Å²) in [4.78, 5) is 16.1. The number of nitriles is 1. The Balaban J connectivity index is 1.96. The van der Waals surface area contributed by atoms with Gasteiger partial charge in [-0.05, 0) is 29.2 Å². The van der Waals surface area contributed by atoms with Crippen molar-refractivity contribution in [2.45, 2.75) is 6.92 Å². The molecule has 2 heterocycles. The first-order chi connectivity index (χ1) is 12.7. The van der Waals surface area contributed by atoms with Crippen molar-refractivity contribution >= 4 is 39.2 Å². The van der Waals surface area contributed by atoms with E-state index in [4.69, 9.17) is 0 Å². The van der Waals surface area contributed by atoms with Crippen LogP contribution in [0.5, 0.6) is 0 Å². The number of aromatic nitrogens is 2. The van der Waals surface area contributed by atoms with Crippen LogP contribution in [0.25, 0.3) is 33.3 Å². The SMILES string of the molecule is CC(=O)n1cc(/C(C#N)=C/c2cccc3cnccc23)c2ccccc21. The summed E-state index contributed by atoms with van der Waals surface area (Å²) < 4.78 is 1.59. The van der Waals surface area contributed by atoms with Crippen LogP contribution in [0.15, 0.2) is 67.1 Å². The molecule has 4 rings (SSSR count). The highest BCUT2D eigenvalue weighted by atomic mass is 16.1. The molecule has 0 aliphatic heterocycles. The fraction of sp³-hybridized carbons (Fsp3) is 0.0455. The predicted molar refractivity (Wildman–Crippen MR) is 103 cm³/mol. The second-order valence-corrected chi connectivity index (χ2v) is 6.06. The van der Waals surface area contributed by atoms with Crippen molar-refractivity contribution < 1.29 is 4.79 Å². The van der Waals surface area contributed by atoms with Crippen LogP contribution in [0.1, 0.15) is 22.8 Å². The zero-order valence-electron chi connectivity index (χ0n) is 14.2. The second-order valence-electron chi connectivity index (χ2n) is 6.06. The average Bonchev–Trinajstić information content (AvgIpc) is 3.06. The lowest BCUT2D eigenvalue weighted by molar-refractivity contribution is 0.0941. The first-order valence-electron chi connectivity index (χ1n) is 8.25. The quantitative estimate of drug-likeness (QED) is 0.488. The standard InChI is InChI=1S/C22H15N3O/c1-15(26)25-14-21(20-7-2-3-8-22(20)25)18(12-23)11-16-5-4-6-17-13-24-10-9-19(16)17/h2-11,13-14H,1H3/b18-11+. The van der Waals surface area contributed by atoms with E-state index in [0.29, 0.717) is 5.57 Å². The van der Waals surface area contributed by atoms with Crippen LogP contribution in [0.3, 0.4) is 0 Å². The molecule has 0 fully saturated rings. The van der Waals surface area contributed by atoms with Crippen molar-refractivity contribution in [1.82, 2.24) is 9.55 Å². The molecule has 0 bridgehead atoms. The Labute approximate surface area is 150 Å². The average molecular weight is 337 g/mol. The monoisotopic (exact) mass is 337 g/mol. The number of nitrogens with zero attached hydrogens (tertiary/aromatic N) is 3. The Morgan fingerprint density at radius 2 is 1.96 bits per heavy atom. The van der Waals surface area contributed by atoms with E-state index >= 15 is 0 Å². The molecule has 0 radical (unpaired) electrons. The Morgan fingerprint density at radius 3 is 2.77 bits per heavy atom. The summed E-state index contributed by atoms with van der Waals surface area (Å²) >= 11 is 0. The van der Waals surface area contributed by atoms with Crippen LogP contribution in [0.4, 0.5) is 0 Å². The number of pyridine rings is 1. The second kappa shape index (κ2) is 6.30. The fourth-order valence-corrected chi connectivity index (χ4v) is 3.25. The molecule has 0 unspecified atom stereocenters. The Bertz CT molecular complexity index is 1220. The van der Waals surface area contributed by atoms with E-state index in [1.54, 1.807) is 23.2 Å². The van der Waals surface area contributed by atoms with Crippen molar-refractivity contribution in [2.75, 3.05) is 0 Å². The number of hydrogen-bond donors (Lipinski definition) is 0. The third-order valence-electron chi connectivity index (χ3n) is 4.48. The molecule has 4 heteroatoms. The molecule has 2 aromatic heterocycles. The van der Waals surface area contributed by atoms with Crippen LogP contribution in [0.2, 0.25) is 0 Å². The van der Waals surface area contributed by atoms with Gasteiger partial charge in [-0.3, -0.25) is 14.3 Å². The largest absolute Gasteiger partial charge is 0.287 e. The van der Waals surface area contributed by atoms with Crippen molar-refractivity contribution in [1.29, 1.82) is 5.26 Å². The van der Waals surface area contributed by atoms with Crippen LogP contribution >= 0.6 is 0 Å². The number of para-hydroxylation sites is 1. The number of hydrogen-bond acceptors (Lipinski definition) is 3. The normalized spacial score (nSPS) is 11.6. The van der Waals surface area contributed by atoms with E-state index in [1.807, 2.05) is 54.6 Å². The van der Waals surface area contributed by atoms with Gasteiger partial charge in [0.25, 0.3) is 0 Å². The molecular formula is C22H15N3O. The van der Waals surface area contributed by atoms with E-state index in [-0.39, 0.29) is 5.91 Å². The van der Waals surface area contributed by atoms with Gasteiger partial charge >= 0.3 is 0 Å². The molecule has 0 saturated carbocycles. The Kier molecular flexibility index (Phi) is 3.83. The summed E-state index contributed by atoms with van der Waals surface area (Å²) in [6.45, 7) is 1.52. The predicted octanol–water partition coefficient (Wildman–Crippen LogP) is 4.91. The molecule has 0 aliphatic rings. The maximum atomic E-state index is 12.0. The maximum Gasteiger partial charge on any atom is 0.227 e. The molecule has 4 nitrogen and oxygen atoms in total. The van der Waals surface area contributed by atoms with Crippen molar-refractivity contribution in [2.24, 2.45) is 0 Å². The summed E-state index contributed by atoms with van der Waals surface area (Å²) in [5.74, 6) is -0.0824. The van der Waals surface area contributed by atoms with Gasteiger partial charge < -0.3 is 0 Å². The van der Waals surface area contributed by atoms with Crippen molar-refractivity contribution in [3.05, 3.63) is 78.2 Å². The molecule has 0 aliphatic carbocycles. The van der Waals surface area contributed by atoms with Gasteiger partial charge in [0, 0.05) is 41.9 Å². The molecule has 2 aromatic carbocycles. The van der Waals surface area contributed by atoms with Crippen LogP contribution in [0, 0.1) is 11.3 Å². The number of benzene rings is 2. The maximum absolute atomic E-state index is 12.0. The van der Waals surface area contributed by atoms with E-state index in [2.05, 4.69) is 11.1 Å². The van der Waals surface area contributed by atoms with E-state index < -0.39 is 0 Å². The lowest BCUT2D eigenvalue weighted by Crippen LogP contribution is -2.02. The van der Waals surface area contributed by atoms with Gasteiger partial charge in [-0.25, -0.2) is 0 Å². The summed E-state index contributed by atoms with van der Waals surface area (Å²) in [5.41, 5.74) is 3.02.